The zero-order chi connectivity index (χ0) is 14.7. The van der Waals surface area contributed by atoms with Crippen LogP contribution in [0.2, 0.25) is 0 Å². The van der Waals surface area contributed by atoms with Crippen LogP contribution in [-0.4, -0.2) is 55.4 Å². The maximum Gasteiger partial charge on any atom is 0.407 e. The maximum absolute atomic E-state index is 14.0. The third kappa shape index (κ3) is 2.81. The predicted octanol–water partition coefficient (Wildman–Crippen LogP) is 1.41. The van der Waals surface area contributed by atoms with E-state index in [1.807, 2.05) is 0 Å². The van der Waals surface area contributed by atoms with E-state index in [2.05, 4.69) is 4.74 Å². The lowest BCUT2D eigenvalue weighted by Crippen LogP contribution is -2.48. The minimum Gasteiger partial charge on any atom is -0.465 e. The zero-order valence-corrected chi connectivity index (χ0v) is 11.0. The number of ether oxygens (including phenoxy) is 1. The summed E-state index contributed by atoms with van der Waals surface area (Å²) in [7, 11) is 1.24. The number of nitrogens with zero attached hydrogens (tertiary/aromatic N) is 2. The van der Waals surface area contributed by atoms with Gasteiger partial charge in [0.1, 0.15) is 5.82 Å². The molecule has 1 heterocycles. The second kappa shape index (κ2) is 5.77. The fraction of sp³-hybridized carbons (Fsp3) is 0.385. The average Bonchev–Trinajstić information content (AvgIpc) is 2.46. The molecule has 0 atom stereocenters. The van der Waals surface area contributed by atoms with Crippen LogP contribution in [0.1, 0.15) is 10.4 Å². The van der Waals surface area contributed by atoms with Crippen molar-refractivity contribution in [1.29, 1.82) is 0 Å². The quantitative estimate of drug-likeness (QED) is 0.831. The first-order chi connectivity index (χ1) is 9.52. The summed E-state index contributed by atoms with van der Waals surface area (Å²) in [6.07, 6.45) is -0.967. The number of rotatable bonds is 2. The summed E-state index contributed by atoms with van der Waals surface area (Å²) in [6, 6.07) is 4.14. The Morgan fingerprint density at radius 2 is 1.90 bits per heavy atom. The van der Waals surface area contributed by atoms with Crippen LogP contribution < -0.4 is 4.90 Å². The number of halogens is 1. The summed E-state index contributed by atoms with van der Waals surface area (Å²) >= 11 is 0. The molecular weight excluding hydrogens is 267 g/mol. The molecular formula is C13H15FN2O4. The molecule has 0 saturated carbocycles. The Morgan fingerprint density at radius 1 is 1.25 bits per heavy atom. The van der Waals surface area contributed by atoms with Crippen molar-refractivity contribution in [2.24, 2.45) is 0 Å². The first kappa shape index (κ1) is 14.1. The fourth-order valence-corrected chi connectivity index (χ4v) is 2.15. The van der Waals surface area contributed by atoms with Gasteiger partial charge in [-0.15, -0.1) is 0 Å². The van der Waals surface area contributed by atoms with E-state index in [1.165, 1.54) is 24.1 Å². The van der Waals surface area contributed by atoms with Gasteiger partial charge >= 0.3 is 12.1 Å². The monoisotopic (exact) mass is 282 g/mol. The van der Waals surface area contributed by atoms with Gasteiger partial charge in [0.05, 0.1) is 18.4 Å². The Bertz CT molecular complexity index is 527. The van der Waals surface area contributed by atoms with E-state index in [1.54, 1.807) is 4.90 Å². The second-order valence-corrected chi connectivity index (χ2v) is 4.41. The lowest BCUT2D eigenvalue weighted by molar-refractivity contribution is 0.0600. The van der Waals surface area contributed by atoms with E-state index in [-0.39, 0.29) is 5.56 Å². The smallest absolute Gasteiger partial charge is 0.407 e. The molecule has 0 spiro atoms. The third-order valence-electron chi connectivity index (χ3n) is 3.26. The molecule has 0 unspecified atom stereocenters. The number of carbonyl (C=O) groups excluding carboxylic acids is 1. The Labute approximate surface area is 115 Å². The first-order valence-electron chi connectivity index (χ1n) is 6.13. The van der Waals surface area contributed by atoms with Crippen LogP contribution in [0.5, 0.6) is 0 Å². The van der Waals surface area contributed by atoms with Gasteiger partial charge in [0, 0.05) is 26.2 Å². The lowest BCUT2D eigenvalue weighted by Gasteiger charge is -2.34. The highest BCUT2D eigenvalue weighted by molar-refractivity contribution is 5.89. The van der Waals surface area contributed by atoms with Gasteiger partial charge in [-0.3, -0.25) is 0 Å². The number of carboxylic acid groups (broad SMARTS) is 1. The molecule has 1 amide bonds. The molecule has 7 heteroatoms. The molecule has 1 aromatic rings. The second-order valence-electron chi connectivity index (χ2n) is 4.41. The Morgan fingerprint density at radius 3 is 2.40 bits per heavy atom. The molecule has 1 saturated heterocycles. The van der Waals surface area contributed by atoms with Crippen LogP contribution in [0.4, 0.5) is 14.9 Å². The SMILES string of the molecule is COC(=O)c1ccc(N2CCN(C(=O)O)CC2)c(F)c1. The summed E-state index contributed by atoms with van der Waals surface area (Å²) in [6.45, 7) is 1.49. The van der Waals surface area contributed by atoms with Gasteiger partial charge in [-0.1, -0.05) is 0 Å². The van der Waals surface area contributed by atoms with E-state index in [9.17, 15) is 14.0 Å². The van der Waals surface area contributed by atoms with Crippen LogP contribution in [0.15, 0.2) is 18.2 Å². The molecule has 0 aromatic heterocycles. The fourth-order valence-electron chi connectivity index (χ4n) is 2.15. The number of benzene rings is 1. The minimum absolute atomic E-state index is 0.151. The third-order valence-corrected chi connectivity index (χ3v) is 3.26. The van der Waals surface area contributed by atoms with E-state index in [0.29, 0.717) is 31.9 Å². The minimum atomic E-state index is -0.967. The Hall–Kier alpha value is -2.31. The van der Waals surface area contributed by atoms with Crippen LogP contribution in [0.3, 0.4) is 0 Å². The average molecular weight is 282 g/mol. The van der Waals surface area contributed by atoms with Gasteiger partial charge in [0.15, 0.2) is 0 Å². The number of methoxy groups -OCH3 is 1. The molecule has 2 rings (SSSR count). The van der Waals surface area contributed by atoms with Crippen LogP contribution in [0.25, 0.3) is 0 Å². The Balaban J connectivity index is 2.11. The highest BCUT2D eigenvalue weighted by Gasteiger charge is 2.22. The van der Waals surface area contributed by atoms with Crippen LogP contribution in [0, 0.1) is 5.82 Å². The first-order valence-corrected chi connectivity index (χ1v) is 6.13. The van der Waals surface area contributed by atoms with Gasteiger partial charge < -0.3 is 19.6 Å². The van der Waals surface area contributed by atoms with Crippen molar-refractivity contribution >= 4 is 17.7 Å². The molecule has 1 aromatic carbocycles. The molecule has 20 heavy (non-hydrogen) atoms. The van der Waals surface area contributed by atoms with Crippen molar-refractivity contribution in [2.45, 2.75) is 0 Å². The van der Waals surface area contributed by atoms with E-state index >= 15 is 0 Å². The largest absolute Gasteiger partial charge is 0.465 e. The van der Waals surface area contributed by atoms with Crippen molar-refractivity contribution < 1.29 is 23.8 Å². The lowest BCUT2D eigenvalue weighted by atomic mass is 10.1. The normalized spacial score (nSPS) is 15.1. The molecule has 0 bridgehead atoms. The maximum atomic E-state index is 14.0. The van der Waals surface area contributed by atoms with Crippen molar-refractivity contribution in [2.75, 3.05) is 38.2 Å². The highest BCUT2D eigenvalue weighted by atomic mass is 19.1. The molecule has 1 aliphatic rings. The molecule has 0 radical (unpaired) electrons. The van der Waals surface area contributed by atoms with Gasteiger partial charge in [-0.05, 0) is 18.2 Å². The topological polar surface area (TPSA) is 70.1 Å². The van der Waals surface area contributed by atoms with Crippen molar-refractivity contribution in [3.63, 3.8) is 0 Å². The summed E-state index contributed by atoms with van der Waals surface area (Å²) in [4.78, 5) is 25.1. The van der Waals surface area contributed by atoms with E-state index in [0.717, 1.165) is 6.07 Å². The molecule has 1 N–H and O–H groups in total. The summed E-state index contributed by atoms with van der Waals surface area (Å²) in [5.41, 5.74) is 0.514. The van der Waals surface area contributed by atoms with Crippen molar-refractivity contribution in [1.82, 2.24) is 4.90 Å². The van der Waals surface area contributed by atoms with Crippen molar-refractivity contribution in [3.8, 4) is 0 Å². The number of hydrogen-bond donors (Lipinski definition) is 1. The number of anilines is 1. The predicted molar refractivity (Wildman–Crippen MR) is 69.6 cm³/mol. The number of hydrogen-bond acceptors (Lipinski definition) is 4. The summed E-state index contributed by atoms with van der Waals surface area (Å²) < 4.78 is 18.5. The summed E-state index contributed by atoms with van der Waals surface area (Å²) in [5.74, 6) is -1.11. The Kier molecular flexibility index (Phi) is 4.07. The van der Waals surface area contributed by atoms with E-state index < -0.39 is 17.9 Å². The highest BCUT2D eigenvalue weighted by Crippen LogP contribution is 2.22. The standard InChI is InChI=1S/C13H15FN2O4/c1-20-12(17)9-2-3-11(10(14)8-9)15-4-6-16(7-5-15)13(18)19/h2-3,8H,4-7H2,1H3,(H,18,19). The molecule has 1 fully saturated rings. The molecule has 108 valence electrons. The number of amides is 1. The van der Waals surface area contributed by atoms with Gasteiger partial charge in [-0.2, -0.15) is 0 Å². The molecule has 6 nitrogen and oxygen atoms in total. The van der Waals surface area contributed by atoms with Gasteiger partial charge in [-0.25, -0.2) is 14.0 Å². The van der Waals surface area contributed by atoms with Crippen LogP contribution >= 0.6 is 0 Å². The molecule has 1 aliphatic heterocycles. The number of carbonyl (C=O) groups is 2. The van der Waals surface area contributed by atoms with E-state index in [4.69, 9.17) is 5.11 Å². The number of piperazine rings is 1. The van der Waals surface area contributed by atoms with Crippen molar-refractivity contribution in [3.05, 3.63) is 29.6 Å². The van der Waals surface area contributed by atoms with Gasteiger partial charge in [0.2, 0.25) is 0 Å². The molecule has 0 aliphatic carbocycles. The summed E-state index contributed by atoms with van der Waals surface area (Å²) in [5, 5.41) is 8.86. The van der Waals surface area contributed by atoms with Gasteiger partial charge in [0.25, 0.3) is 0 Å². The zero-order valence-electron chi connectivity index (χ0n) is 11.0. The van der Waals surface area contributed by atoms with Crippen LogP contribution in [-0.2, 0) is 4.74 Å². The number of esters is 1.